The summed E-state index contributed by atoms with van der Waals surface area (Å²) in [5.74, 6) is 0.534. The van der Waals surface area contributed by atoms with Gasteiger partial charge in [0.15, 0.2) is 0 Å². The van der Waals surface area contributed by atoms with Crippen molar-refractivity contribution in [2.45, 2.75) is 43.2 Å². The Labute approximate surface area is 199 Å². The lowest BCUT2D eigenvalue weighted by atomic mass is 9.87. The van der Waals surface area contributed by atoms with Crippen molar-refractivity contribution in [1.82, 2.24) is 20.0 Å². The molecule has 2 N–H and O–H groups in total. The van der Waals surface area contributed by atoms with Crippen LogP contribution in [0.4, 0.5) is 0 Å². The van der Waals surface area contributed by atoms with Crippen molar-refractivity contribution in [3.8, 4) is 0 Å². The third kappa shape index (κ3) is 5.40. The number of aryl methyl sites for hydroxylation is 1. The molecule has 4 heterocycles. The van der Waals surface area contributed by atoms with Gasteiger partial charge in [0.1, 0.15) is 5.65 Å². The molecule has 1 atom stereocenters. The summed E-state index contributed by atoms with van der Waals surface area (Å²) in [6.45, 7) is 2.07. The molecule has 1 saturated heterocycles. The summed E-state index contributed by atoms with van der Waals surface area (Å²) in [4.78, 5) is 18.4. The Hall–Kier alpha value is -2.83. The van der Waals surface area contributed by atoms with Crippen molar-refractivity contribution in [2.75, 3.05) is 13.1 Å². The largest absolute Gasteiger partial charge is 0.350 e. The first-order valence-electron chi connectivity index (χ1n) is 11.9. The summed E-state index contributed by atoms with van der Waals surface area (Å²) in [5.41, 5.74) is 3.36. The van der Waals surface area contributed by atoms with Gasteiger partial charge in [-0.1, -0.05) is 48.2 Å². The normalized spacial score (nSPS) is 17.3. The van der Waals surface area contributed by atoms with Crippen LogP contribution in [0.2, 0.25) is 0 Å². The van der Waals surface area contributed by atoms with E-state index in [-0.39, 0.29) is 11.9 Å². The van der Waals surface area contributed by atoms with Crippen LogP contribution < -0.4 is 10.6 Å². The lowest BCUT2D eigenvalue weighted by Gasteiger charge is -2.31. The molecule has 0 saturated carbocycles. The highest BCUT2D eigenvalue weighted by Crippen LogP contribution is 2.34. The molecular weight excluding hydrogens is 428 g/mol. The number of thioether (sulfide) groups is 1. The van der Waals surface area contributed by atoms with E-state index in [1.54, 1.807) is 17.8 Å². The highest BCUT2D eigenvalue weighted by Gasteiger charge is 2.24. The van der Waals surface area contributed by atoms with Gasteiger partial charge in [0.05, 0.1) is 16.9 Å². The average Bonchev–Trinajstić information content (AvgIpc) is 3.28. The Morgan fingerprint density at radius 2 is 2.03 bits per heavy atom. The molecule has 0 radical (unpaired) electrons. The summed E-state index contributed by atoms with van der Waals surface area (Å²) in [5, 5.41) is 7.90. The fourth-order valence-electron chi connectivity index (χ4n) is 4.82. The first-order valence-corrected chi connectivity index (χ1v) is 12.7. The van der Waals surface area contributed by atoms with Gasteiger partial charge >= 0.3 is 0 Å². The molecule has 1 aromatic carbocycles. The third-order valence-corrected chi connectivity index (χ3v) is 7.55. The number of carbonyl (C=O) groups excluding carboxylic acids is 1. The fourth-order valence-corrected chi connectivity index (χ4v) is 5.81. The number of benzene rings is 1. The summed E-state index contributed by atoms with van der Waals surface area (Å²) in [6, 6.07) is 16.9. The van der Waals surface area contributed by atoms with Gasteiger partial charge < -0.3 is 10.6 Å². The fraction of sp³-hybridized carbons (Fsp3) is 0.333. The SMILES string of the molecule is O=C(C=CC1=Cc2cnc3cccc(n23)S1)NC(CCCc1ccccc1)C1CCNCC1. The predicted octanol–water partition coefficient (Wildman–Crippen LogP) is 4.84. The molecule has 5 nitrogen and oxygen atoms in total. The van der Waals surface area contributed by atoms with Crippen LogP contribution >= 0.6 is 11.8 Å². The number of nitrogens with zero attached hydrogens (tertiary/aromatic N) is 2. The Balaban J connectivity index is 1.22. The number of piperidine rings is 1. The maximum Gasteiger partial charge on any atom is 0.244 e. The minimum atomic E-state index is -0.00275. The highest BCUT2D eigenvalue weighted by atomic mass is 32.2. The van der Waals surface area contributed by atoms with Gasteiger partial charge in [-0.15, -0.1) is 0 Å². The molecule has 5 rings (SSSR count). The van der Waals surface area contributed by atoms with Crippen LogP contribution in [0.25, 0.3) is 11.7 Å². The van der Waals surface area contributed by atoms with Crippen LogP contribution in [0, 0.1) is 5.92 Å². The molecule has 2 aromatic heterocycles. The summed E-state index contributed by atoms with van der Waals surface area (Å²) >= 11 is 1.66. The second-order valence-corrected chi connectivity index (χ2v) is 9.90. The number of amides is 1. The zero-order chi connectivity index (χ0) is 22.5. The monoisotopic (exact) mass is 458 g/mol. The molecule has 2 aliphatic rings. The number of hydrogen-bond acceptors (Lipinski definition) is 4. The molecule has 0 spiro atoms. The van der Waals surface area contributed by atoms with E-state index in [4.69, 9.17) is 0 Å². The average molecular weight is 459 g/mol. The molecule has 1 unspecified atom stereocenters. The lowest BCUT2D eigenvalue weighted by molar-refractivity contribution is -0.117. The number of hydrogen-bond donors (Lipinski definition) is 2. The van der Waals surface area contributed by atoms with Crippen molar-refractivity contribution < 1.29 is 4.79 Å². The van der Waals surface area contributed by atoms with Crippen LogP contribution in [0.15, 0.2) is 76.8 Å². The molecule has 0 aliphatic carbocycles. The molecule has 3 aromatic rings. The molecule has 0 bridgehead atoms. The Morgan fingerprint density at radius 3 is 2.88 bits per heavy atom. The number of carbonyl (C=O) groups is 1. The molecule has 2 aliphatic heterocycles. The van der Waals surface area contributed by atoms with Crippen LogP contribution in [0.1, 0.15) is 36.9 Å². The lowest BCUT2D eigenvalue weighted by Crippen LogP contribution is -2.44. The Bertz CT molecular complexity index is 1160. The van der Waals surface area contributed by atoms with E-state index >= 15 is 0 Å². The number of aromatic nitrogens is 2. The van der Waals surface area contributed by atoms with E-state index in [9.17, 15) is 4.79 Å². The number of imidazole rings is 1. The minimum absolute atomic E-state index is 0.00275. The van der Waals surface area contributed by atoms with Crippen molar-refractivity contribution in [3.63, 3.8) is 0 Å². The van der Waals surface area contributed by atoms with Gasteiger partial charge in [0.2, 0.25) is 5.91 Å². The first kappa shape index (κ1) is 22.0. The van der Waals surface area contributed by atoms with Crippen molar-refractivity contribution in [1.29, 1.82) is 0 Å². The van der Waals surface area contributed by atoms with E-state index in [1.807, 2.05) is 24.4 Å². The second-order valence-electron chi connectivity index (χ2n) is 8.80. The van der Waals surface area contributed by atoms with Crippen LogP contribution in [0.3, 0.4) is 0 Å². The molecular formula is C27H30N4OS. The summed E-state index contributed by atoms with van der Waals surface area (Å²) < 4.78 is 2.14. The van der Waals surface area contributed by atoms with Crippen molar-refractivity contribution in [3.05, 3.63) is 83.0 Å². The van der Waals surface area contributed by atoms with Crippen LogP contribution in [0.5, 0.6) is 0 Å². The third-order valence-electron chi connectivity index (χ3n) is 6.54. The smallest absolute Gasteiger partial charge is 0.244 e. The zero-order valence-corrected chi connectivity index (χ0v) is 19.6. The van der Waals surface area contributed by atoms with Gasteiger partial charge in [0, 0.05) is 17.0 Å². The van der Waals surface area contributed by atoms with Crippen LogP contribution in [-0.2, 0) is 11.2 Å². The summed E-state index contributed by atoms with van der Waals surface area (Å²) in [7, 11) is 0. The first-order chi connectivity index (χ1) is 16.3. The topological polar surface area (TPSA) is 58.4 Å². The highest BCUT2D eigenvalue weighted by molar-refractivity contribution is 8.03. The van der Waals surface area contributed by atoms with Gasteiger partial charge in [-0.05, 0) is 81.0 Å². The standard InChI is InChI=1S/C27H30N4OS/c32-26(13-12-23-18-22-19-29-25-10-5-11-27(33-23)31(22)25)30-24(21-14-16-28-17-15-21)9-4-8-20-6-2-1-3-7-20/h1-3,5-7,10-13,18-19,21,24,28H,4,8-9,14-17H2,(H,30,32). The van der Waals surface area contributed by atoms with Gasteiger partial charge in [0.25, 0.3) is 0 Å². The molecule has 170 valence electrons. The van der Waals surface area contributed by atoms with Crippen LogP contribution in [-0.4, -0.2) is 34.4 Å². The number of pyridine rings is 1. The second kappa shape index (κ2) is 10.4. The summed E-state index contributed by atoms with van der Waals surface area (Å²) in [6.07, 6.45) is 13.0. The van der Waals surface area contributed by atoms with E-state index in [2.05, 4.69) is 62.5 Å². The number of allylic oxidation sites excluding steroid dienone is 1. The number of nitrogens with one attached hydrogen (secondary N) is 2. The molecule has 33 heavy (non-hydrogen) atoms. The van der Waals surface area contributed by atoms with Gasteiger partial charge in [-0.3, -0.25) is 9.20 Å². The van der Waals surface area contributed by atoms with Crippen molar-refractivity contribution in [2.24, 2.45) is 5.92 Å². The zero-order valence-electron chi connectivity index (χ0n) is 18.7. The van der Waals surface area contributed by atoms with E-state index < -0.39 is 0 Å². The maximum absolute atomic E-state index is 12.9. The predicted molar refractivity (Wildman–Crippen MR) is 135 cm³/mol. The Kier molecular flexibility index (Phi) is 6.93. The van der Waals surface area contributed by atoms with Gasteiger partial charge in [-0.2, -0.15) is 0 Å². The van der Waals surface area contributed by atoms with E-state index in [1.165, 1.54) is 5.56 Å². The maximum atomic E-state index is 12.9. The van der Waals surface area contributed by atoms with Crippen molar-refractivity contribution >= 4 is 29.4 Å². The molecule has 1 fully saturated rings. The molecule has 6 heteroatoms. The molecule has 1 amide bonds. The Morgan fingerprint density at radius 1 is 1.18 bits per heavy atom. The number of rotatable bonds is 8. The van der Waals surface area contributed by atoms with E-state index in [0.29, 0.717) is 5.92 Å². The quantitative estimate of drug-likeness (QED) is 0.474. The van der Waals surface area contributed by atoms with E-state index in [0.717, 1.165) is 66.5 Å². The minimum Gasteiger partial charge on any atom is -0.350 e. The van der Waals surface area contributed by atoms with Gasteiger partial charge in [-0.25, -0.2) is 4.98 Å².